The van der Waals surface area contributed by atoms with E-state index in [0.29, 0.717) is 11.8 Å². The van der Waals surface area contributed by atoms with Crippen LogP contribution >= 0.6 is 0 Å². The lowest BCUT2D eigenvalue weighted by Gasteiger charge is -2.37. The van der Waals surface area contributed by atoms with Crippen molar-refractivity contribution in [3.63, 3.8) is 0 Å². The number of likely N-dealkylation sites (tertiary alicyclic amines) is 1. The van der Waals surface area contributed by atoms with Crippen LogP contribution in [-0.4, -0.2) is 52.5 Å². The quantitative estimate of drug-likeness (QED) is 0.919. The van der Waals surface area contributed by atoms with Crippen molar-refractivity contribution in [1.82, 2.24) is 19.6 Å². The van der Waals surface area contributed by atoms with E-state index in [9.17, 15) is 4.79 Å². The molecule has 25 heavy (non-hydrogen) atoms. The summed E-state index contributed by atoms with van der Waals surface area (Å²) in [7, 11) is 1.75. The molecule has 0 spiro atoms. The monoisotopic (exact) mass is 342 g/mol. The number of imidazole rings is 1. The number of fused-ring (bicyclic) bond motifs is 2. The summed E-state index contributed by atoms with van der Waals surface area (Å²) in [5.41, 5.74) is 1.14. The summed E-state index contributed by atoms with van der Waals surface area (Å²) < 4.78 is 7.83. The molecule has 134 valence electrons. The zero-order chi connectivity index (χ0) is 17.4. The van der Waals surface area contributed by atoms with Gasteiger partial charge in [0, 0.05) is 33.3 Å². The van der Waals surface area contributed by atoms with Crippen LogP contribution in [0.2, 0.25) is 0 Å². The molecule has 1 amide bonds. The maximum Gasteiger partial charge on any atom is 0.217 e. The van der Waals surface area contributed by atoms with Crippen LogP contribution in [0.25, 0.3) is 5.52 Å². The van der Waals surface area contributed by atoms with E-state index >= 15 is 0 Å². The first-order valence-electron chi connectivity index (χ1n) is 9.07. The van der Waals surface area contributed by atoms with Crippen molar-refractivity contribution in [1.29, 1.82) is 0 Å². The Morgan fingerprint density at radius 1 is 1.32 bits per heavy atom. The van der Waals surface area contributed by atoms with E-state index < -0.39 is 0 Å². The summed E-state index contributed by atoms with van der Waals surface area (Å²) in [6.45, 7) is 4.61. The zero-order valence-corrected chi connectivity index (χ0v) is 14.9. The number of aromatic nitrogens is 2. The Morgan fingerprint density at radius 2 is 2.12 bits per heavy atom. The molecule has 4 atom stereocenters. The van der Waals surface area contributed by atoms with E-state index in [1.165, 1.54) is 0 Å². The first kappa shape index (κ1) is 16.5. The highest BCUT2D eigenvalue weighted by atomic mass is 16.5. The number of hydrogen-bond acceptors (Lipinski definition) is 4. The molecule has 6 heteroatoms. The third-order valence-electron chi connectivity index (χ3n) is 5.76. The average molecular weight is 342 g/mol. The van der Waals surface area contributed by atoms with Crippen LogP contribution in [0.4, 0.5) is 0 Å². The van der Waals surface area contributed by atoms with E-state index in [0.717, 1.165) is 43.8 Å². The van der Waals surface area contributed by atoms with Gasteiger partial charge in [-0.2, -0.15) is 0 Å². The molecular formula is C19H26N4O2. The summed E-state index contributed by atoms with van der Waals surface area (Å²) in [6, 6.07) is 6.30. The molecule has 0 radical (unpaired) electrons. The summed E-state index contributed by atoms with van der Waals surface area (Å²) in [5, 5.41) is 3.08. The minimum atomic E-state index is 0.0317. The minimum absolute atomic E-state index is 0.0317. The highest BCUT2D eigenvalue weighted by Gasteiger charge is 2.42. The van der Waals surface area contributed by atoms with Gasteiger partial charge in [-0.3, -0.25) is 9.69 Å². The minimum Gasteiger partial charge on any atom is -0.379 e. The SMILES string of the molecule is CO[C@@H]1C[C@H]2CN(Cc3ncc4ccccn34)C[C@H]2C[C@H]1NC(C)=O. The number of nitrogens with zero attached hydrogens (tertiary/aromatic N) is 3. The Balaban J connectivity index is 1.44. The fourth-order valence-corrected chi connectivity index (χ4v) is 4.63. The van der Waals surface area contributed by atoms with Gasteiger partial charge >= 0.3 is 0 Å². The Labute approximate surface area is 148 Å². The lowest BCUT2D eigenvalue weighted by atomic mass is 9.77. The number of hydrogen-bond donors (Lipinski definition) is 1. The Bertz CT molecular complexity index is 759. The average Bonchev–Trinajstić information content (AvgIpc) is 3.17. The van der Waals surface area contributed by atoms with Crippen molar-refractivity contribution < 1.29 is 9.53 Å². The Morgan fingerprint density at radius 3 is 2.88 bits per heavy atom. The molecule has 1 saturated heterocycles. The maximum absolute atomic E-state index is 11.5. The van der Waals surface area contributed by atoms with Crippen molar-refractivity contribution in [3.8, 4) is 0 Å². The smallest absolute Gasteiger partial charge is 0.217 e. The fourth-order valence-electron chi connectivity index (χ4n) is 4.63. The molecule has 0 unspecified atom stereocenters. The van der Waals surface area contributed by atoms with Crippen LogP contribution < -0.4 is 5.32 Å². The molecule has 0 aromatic carbocycles. The normalized spacial score (nSPS) is 29.7. The number of amides is 1. The Hall–Kier alpha value is -1.92. The van der Waals surface area contributed by atoms with Gasteiger partial charge in [-0.15, -0.1) is 0 Å². The fraction of sp³-hybridized carbons (Fsp3) is 0.579. The van der Waals surface area contributed by atoms with Crippen molar-refractivity contribution >= 4 is 11.4 Å². The molecule has 1 aliphatic heterocycles. The van der Waals surface area contributed by atoms with Crippen LogP contribution in [0.3, 0.4) is 0 Å². The second kappa shape index (κ2) is 6.77. The van der Waals surface area contributed by atoms with Gasteiger partial charge in [0.25, 0.3) is 0 Å². The Kier molecular flexibility index (Phi) is 4.48. The molecule has 2 aliphatic rings. The zero-order valence-electron chi connectivity index (χ0n) is 14.9. The number of nitrogens with one attached hydrogen (secondary N) is 1. The second-order valence-electron chi connectivity index (χ2n) is 7.44. The molecular weight excluding hydrogens is 316 g/mol. The molecule has 2 fully saturated rings. The van der Waals surface area contributed by atoms with Crippen molar-refractivity contribution in [2.24, 2.45) is 11.8 Å². The number of carbonyl (C=O) groups excluding carboxylic acids is 1. The highest BCUT2D eigenvalue weighted by Crippen LogP contribution is 2.38. The lowest BCUT2D eigenvalue weighted by Crippen LogP contribution is -2.49. The topological polar surface area (TPSA) is 58.9 Å². The highest BCUT2D eigenvalue weighted by molar-refractivity contribution is 5.73. The molecule has 4 rings (SSSR count). The third kappa shape index (κ3) is 3.28. The van der Waals surface area contributed by atoms with E-state index in [1.807, 2.05) is 18.3 Å². The summed E-state index contributed by atoms with van der Waals surface area (Å²) in [4.78, 5) is 18.6. The first-order chi connectivity index (χ1) is 12.1. The molecule has 3 heterocycles. The number of pyridine rings is 1. The molecule has 1 N–H and O–H groups in total. The molecule has 1 saturated carbocycles. The van der Waals surface area contributed by atoms with Crippen LogP contribution in [0.15, 0.2) is 30.6 Å². The summed E-state index contributed by atoms with van der Waals surface area (Å²) in [6.07, 6.45) is 6.16. The van der Waals surface area contributed by atoms with Crippen LogP contribution in [-0.2, 0) is 16.1 Å². The number of methoxy groups -OCH3 is 1. The van der Waals surface area contributed by atoms with E-state index in [2.05, 4.69) is 31.9 Å². The summed E-state index contributed by atoms with van der Waals surface area (Å²) in [5.74, 6) is 2.39. The van der Waals surface area contributed by atoms with Gasteiger partial charge in [0.05, 0.1) is 30.4 Å². The van der Waals surface area contributed by atoms with Gasteiger partial charge in [0.2, 0.25) is 5.91 Å². The van der Waals surface area contributed by atoms with Gasteiger partial charge < -0.3 is 14.5 Å². The van der Waals surface area contributed by atoms with Crippen LogP contribution in [0.1, 0.15) is 25.6 Å². The van der Waals surface area contributed by atoms with Crippen molar-refractivity contribution in [3.05, 3.63) is 36.4 Å². The van der Waals surface area contributed by atoms with E-state index in [4.69, 9.17) is 4.74 Å². The number of ether oxygens (including phenoxy) is 1. The largest absolute Gasteiger partial charge is 0.379 e. The van der Waals surface area contributed by atoms with Gasteiger partial charge in [-0.25, -0.2) is 4.98 Å². The van der Waals surface area contributed by atoms with Gasteiger partial charge in [0.15, 0.2) is 0 Å². The van der Waals surface area contributed by atoms with Crippen LogP contribution in [0.5, 0.6) is 0 Å². The van der Waals surface area contributed by atoms with Gasteiger partial charge in [0.1, 0.15) is 5.82 Å². The molecule has 6 nitrogen and oxygen atoms in total. The predicted molar refractivity (Wildman–Crippen MR) is 95.1 cm³/mol. The molecule has 2 aromatic heterocycles. The molecule has 0 bridgehead atoms. The standard InChI is InChI=1S/C19H26N4O2/c1-13(24)21-17-7-14-10-22(11-15(14)8-18(17)25-2)12-19-20-9-16-5-3-4-6-23(16)19/h3-6,9,14-15,17-18H,7-8,10-12H2,1-2H3,(H,21,24)/t14-,15+,17-,18-/m1/s1. The van der Waals surface area contributed by atoms with Gasteiger partial charge in [-0.1, -0.05) is 6.07 Å². The summed E-state index contributed by atoms with van der Waals surface area (Å²) >= 11 is 0. The van der Waals surface area contributed by atoms with Gasteiger partial charge in [-0.05, 0) is 36.8 Å². The van der Waals surface area contributed by atoms with Crippen LogP contribution in [0, 0.1) is 11.8 Å². The van der Waals surface area contributed by atoms with Crippen molar-refractivity contribution in [2.45, 2.75) is 38.5 Å². The number of carbonyl (C=O) groups is 1. The van der Waals surface area contributed by atoms with E-state index in [-0.39, 0.29) is 18.1 Å². The second-order valence-corrected chi connectivity index (χ2v) is 7.44. The lowest BCUT2D eigenvalue weighted by molar-refractivity contribution is -0.121. The predicted octanol–water partition coefficient (Wildman–Crippen LogP) is 1.70. The van der Waals surface area contributed by atoms with Crippen molar-refractivity contribution in [2.75, 3.05) is 20.2 Å². The van der Waals surface area contributed by atoms with E-state index in [1.54, 1.807) is 14.0 Å². The maximum atomic E-state index is 11.5. The molecule has 2 aromatic rings. The number of rotatable bonds is 4. The first-order valence-corrected chi connectivity index (χ1v) is 9.07. The third-order valence-corrected chi connectivity index (χ3v) is 5.76. The molecule has 1 aliphatic carbocycles.